The summed E-state index contributed by atoms with van der Waals surface area (Å²) in [5.41, 5.74) is 4.05. The summed E-state index contributed by atoms with van der Waals surface area (Å²) in [5, 5.41) is 8.57. The minimum Gasteiger partial charge on any atom is -0.376 e. The predicted octanol–water partition coefficient (Wildman–Crippen LogP) is 2.47. The van der Waals surface area contributed by atoms with Crippen LogP contribution >= 0.6 is 0 Å². The van der Waals surface area contributed by atoms with Crippen molar-refractivity contribution in [2.75, 3.05) is 13.2 Å². The smallest absolute Gasteiger partial charge is 0.276 e. The number of carbonyl (C=O) groups excluding carboxylic acids is 1. The monoisotopic (exact) mass is 408 g/mol. The summed E-state index contributed by atoms with van der Waals surface area (Å²) in [6.45, 7) is 7.83. The van der Waals surface area contributed by atoms with Crippen molar-refractivity contribution in [3.05, 3.63) is 63.3 Å². The van der Waals surface area contributed by atoms with Gasteiger partial charge in [0.15, 0.2) is 0 Å². The zero-order valence-corrected chi connectivity index (χ0v) is 17.8. The predicted molar refractivity (Wildman–Crippen MR) is 116 cm³/mol. The van der Waals surface area contributed by atoms with Crippen molar-refractivity contribution < 1.29 is 9.53 Å². The summed E-state index contributed by atoms with van der Waals surface area (Å²) in [7, 11) is 0. The standard InChI is InChI=1S/C23H28N4O3/c1-15-6-8-18(9-7-15)13-26-16(2)20-12-25-27(23(29)22(20)17(26)3)14-21(28)24-11-19-5-4-10-30-19/h6-9,12,19H,4-5,10-11,13-14H2,1-3H3,(H,24,28)/t19-/m1/s1. The van der Waals surface area contributed by atoms with Gasteiger partial charge in [0.05, 0.1) is 17.7 Å². The van der Waals surface area contributed by atoms with E-state index >= 15 is 0 Å². The lowest BCUT2D eigenvalue weighted by atomic mass is 10.1. The van der Waals surface area contributed by atoms with E-state index in [9.17, 15) is 9.59 Å². The minimum absolute atomic E-state index is 0.0711. The summed E-state index contributed by atoms with van der Waals surface area (Å²) in [6, 6.07) is 8.39. The molecule has 0 unspecified atom stereocenters. The summed E-state index contributed by atoms with van der Waals surface area (Å²) < 4.78 is 8.91. The molecule has 0 saturated carbocycles. The Balaban J connectivity index is 1.57. The molecule has 1 saturated heterocycles. The third kappa shape index (κ3) is 4.03. The highest BCUT2D eigenvalue weighted by Crippen LogP contribution is 2.23. The topological polar surface area (TPSA) is 78.2 Å². The first-order chi connectivity index (χ1) is 14.4. The third-order valence-corrected chi connectivity index (χ3v) is 5.91. The maximum absolute atomic E-state index is 13.1. The molecule has 158 valence electrons. The molecule has 0 aliphatic carbocycles. The Bertz CT molecular complexity index is 1120. The maximum atomic E-state index is 13.1. The van der Waals surface area contributed by atoms with Crippen LogP contribution in [0.3, 0.4) is 0 Å². The number of carbonyl (C=O) groups is 1. The molecule has 30 heavy (non-hydrogen) atoms. The van der Waals surface area contributed by atoms with Crippen LogP contribution in [0.1, 0.15) is 35.4 Å². The molecule has 2 aromatic heterocycles. The molecule has 7 heteroatoms. The second kappa shape index (κ2) is 8.44. The highest BCUT2D eigenvalue weighted by atomic mass is 16.5. The first kappa shape index (κ1) is 20.3. The Kier molecular flexibility index (Phi) is 5.72. The number of amides is 1. The van der Waals surface area contributed by atoms with Gasteiger partial charge in [0, 0.05) is 36.5 Å². The molecular formula is C23H28N4O3. The van der Waals surface area contributed by atoms with E-state index in [1.165, 1.54) is 15.8 Å². The Morgan fingerprint density at radius 2 is 1.97 bits per heavy atom. The van der Waals surface area contributed by atoms with Gasteiger partial charge in [-0.1, -0.05) is 29.8 Å². The number of fused-ring (bicyclic) bond motifs is 1. The normalized spacial score (nSPS) is 16.3. The molecule has 0 bridgehead atoms. The Labute approximate surface area is 175 Å². The Morgan fingerprint density at radius 3 is 2.67 bits per heavy atom. The van der Waals surface area contributed by atoms with Gasteiger partial charge in [0.2, 0.25) is 5.91 Å². The number of benzene rings is 1. The SMILES string of the molecule is Cc1ccc(Cn2c(C)c3cnn(CC(=O)NC[C@H]4CCCO4)c(=O)c3c2C)cc1. The second-order valence-electron chi connectivity index (χ2n) is 8.08. The van der Waals surface area contributed by atoms with Crippen LogP contribution in [0.4, 0.5) is 0 Å². The summed E-state index contributed by atoms with van der Waals surface area (Å²) >= 11 is 0. The number of nitrogens with one attached hydrogen (secondary N) is 1. The van der Waals surface area contributed by atoms with Gasteiger partial charge in [0.25, 0.3) is 5.56 Å². The van der Waals surface area contributed by atoms with E-state index in [4.69, 9.17) is 4.74 Å². The molecule has 1 atom stereocenters. The second-order valence-corrected chi connectivity index (χ2v) is 8.08. The molecule has 4 rings (SSSR count). The van der Waals surface area contributed by atoms with Crippen LogP contribution in [0.15, 0.2) is 35.3 Å². The number of rotatable bonds is 6. The average molecular weight is 409 g/mol. The number of nitrogens with zero attached hydrogens (tertiary/aromatic N) is 3. The highest BCUT2D eigenvalue weighted by molar-refractivity contribution is 5.87. The molecule has 1 aromatic carbocycles. The first-order valence-corrected chi connectivity index (χ1v) is 10.4. The fourth-order valence-corrected chi connectivity index (χ4v) is 4.10. The van der Waals surface area contributed by atoms with Crippen LogP contribution in [0, 0.1) is 20.8 Å². The number of hydrogen-bond donors (Lipinski definition) is 1. The molecule has 0 radical (unpaired) electrons. The fraction of sp³-hybridized carbons (Fsp3) is 0.435. The molecular weight excluding hydrogens is 380 g/mol. The average Bonchev–Trinajstić information content (AvgIpc) is 3.33. The zero-order valence-electron chi connectivity index (χ0n) is 17.8. The number of aryl methyl sites for hydroxylation is 3. The van der Waals surface area contributed by atoms with Crippen LogP contribution in [0.25, 0.3) is 10.8 Å². The lowest BCUT2D eigenvalue weighted by molar-refractivity contribution is -0.122. The highest BCUT2D eigenvalue weighted by Gasteiger charge is 2.19. The van der Waals surface area contributed by atoms with E-state index in [-0.39, 0.29) is 24.1 Å². The molecule has 1 aliphatic heterocycles. The minimum atomic E-state index is -0.233. The molecule has 7 nitrogen and oxygen atoms in total. The maximum Gasteiger partial charge on any atom is 0.276 e. The summed E-state index contributed by atoms with van der Waals surface area (Å²) in [6.07, 6.45) is 3.74. The van der Waals surface area contributed by atoms with Gasteiger partial charge in [-0.25, -0.2) is 4.68 Å². The van der Waals surface area contributed by atoms with Crippen molar-refractivity contribution in [1.82, 2.24) is 19.7 Å². The van der Waals surface area contributed by atoms with E-state index in [0.717, 1.165) is 36.2 Å². The molecule has 1 N–H and O–H groups in total. The van der Waals surface area contributed by atoms with Crippen molar-refractivity contribution in [3.63, 3.8) is 0 Å². The molecule has 1 amide bonds. The molecule has 3 aromatic rings. The van der Waals surface area contributed by atoms with Crippen LogP contribution in [-0.2, 0) is 22.6 Å². The van der Waals surface area contributed by atoms with E-state index in [1.54, 1.807) is 6.20 Å². The van der Waals surface area contributed by atoms with E-state index in [2.05, 4.69) is 46.2 Å². The van der Waals surface area contributed by atoms with E-state index in [1.807, 2.05) is 13.8 Å². The van der Waals surface area contributed by atoms with E-state index < -0.39 is 0 Å². The van der Waals surface area contributed by atoms with Crippen molar-refractivity contribution >= 4 is 16.7 Å². The Hall–Kier alpha value is -2.93. The van der Waals surface area contributed by atoms with Crippen LogP contribution in [-0.4, -0.2) is 39.5 Å². The summed E-state index contributed by atoms with van der Waals surface area (Å²) in [5.74, 6) is -0.229. The fourth-order valence-electron chi connectivity index (χ4n) is 4.10. The Morgan fingerprint density at radius 1 is 1.20 bits per heavy atom. The van der Waals surface area contributed by atoms with Crippen molar-refractivity contribution in [2.24, 2.45) is 0 Å². The number of aromatic nitrogens is 3. The first-order valence-electron chi connectivity index (χ1n) is 10.4. The summed E-state index contributed by atoms with van der Waals surface area (Å²) in [4.78, 5) is 25.4. The third-order valence-electron chi connectivity index (χ3n) is 5.91. The number of ether oxygens (including phenoxy) is 1. The lowest BCUT2D eigenvalue weighted by Gasteiger charge is -2.11. The molecule has 1 aliphatic rings. The zero-order chi connectivity index (χ0) is 21.3. The quantitative estimate of drug-likeness (QED) is 0.680. The van der Waals surface area contributed by atoms with Gasteiger partial charge in [-0.2, -0.15) is 5.10 Å². The van der Waals surface area contributed by atoms with Crippen molar-refractivity contribution in [3.8, 4) is 0 Å². The van der Waals surface area contributed by atoms with Gasteiger partial charge >= 0.3 is 0 Å². The van der Waals surface area contributed by atoms with E-state index in [0.29, 0.717) is 18.5 Å². The van der Waals surface area contributed by atoms with Gasteiger partial charge in [-0.15, -0.1) is 0 Å². The number of hydrogen-bond acceptors (Lipinski definition) is 4. The van der Waals surface area contributed by atoms with Crippen LogP contribution in [0.5, 0.6) is 0 Å². The van der Waals surface area contributed by atoms with Crippen molar-refractivity contribution in [1.29, 1.82) is 0 Å². The van der Waals surface area contributed by atoms with Crippen LogP contribution < -0.4 is 10.9 Å². The molecule has 0 spiro atoms. The molecule has 3 heterocycles. The van der Waals surface area contributed by atoms with Gasteiger partial charge < -0.3 is 14.6 Å². The van der Waals surface area contributed by atoms with Gasteiger partial charge in [-0.05, 0) is 39.2 Å². The largest absolute Gasteiger partial charge is 0.376 e. The van der Waals surface area contributed by atoms with Gasteiger partial charge in [0.1, 0.15) is 6.54 Å². The molecule has 1 fully saturated rings. The van der Waals surface area contributed by atoms with Crippen molar-refractivity contribution in [2.45, 2.75) is 52.8 Å². The lowest BCUT2D eigenvalue weighted by Crippen LogP contribution is -2.37. The van der Waals surface area contributed by atoms with Crippen LogP contribution in [0.2, 0.25) is 0 Å². The van der Waals surface area contributed by atoms with Gasteiger partial charge in [-0.3, -0.25) is 9.59 Å².